The summed E-state index contributed by atoms with van der Waals surface area (Å²) in [5.74, 6) is 0.439. The first kappa shape index (κ1) is 20.1. The van der Waals surface area contributed by atoms with Crippen molar-refractivity contribution >= 4 is 23.2 Å². The van der Waals surface area contributed by atoms with Gasteiger partial charge in [-0.2, -0.15) is 0 Å². The third-order valence-electron chi connectivity index (χ3n) is 5.89. The van der Waals surface area contributed by atoms with Crippen molar-refractivity contribution in [1.29, 1.82) is 0 Å². The second kappa shape index (κ2) is 8.67. The van der Waals surface area contributed by atoms with Gasteiger partial charge < -0.3 is 14.5 Å². The molecule has 154 valence electrons. The fourth-order valence-electron chi connectivity index (χ4n) is 4.15. The maximum Gasteiger partial charge on any atom is 0.249 e. The summed E-state index contributed by atoms with van der Waals surface area (Å²) in [6, 6.07) is 10.3. The molecule has 1 aromatic heterocycles. The standard InChI is InChI=1S/C23H28N2O3S/c1-16-5-3-4-6-18(16)23-19-10-12-29-20(19)9-11-25(23)21(26)14-24(13-17-7-8-17)22(27)15-28-2/h3-6,10,12,17,23H,7-9,11,13-15H2,1-2H3/t23-/m0/s1. The largest absolute Gasteiger partial charge is 0.375 e. The Morgan fingerprint density at radius 1 is 1.21 bits per heavy atom. The lowest BCUT2D eigenvalue weighted by atomic mass is 9.90. The molecular weight excluding hydrogens is 384 g/mol. The van der Waals surface area contributed by atoms with Gasteiger partial charge in [-0.25, -0.2) is 0 Å². The van der Waals surface area contributed by atoms with Crippen LogP contribution in [0.15, 0.2) is 35.7 Å². The van der Waals surface area contributed by atoms with Crippen LogP contribution >= 0.6 is 11.3 Å². The first-order valence-corrected chi connectivity index (χ1v) is 11.1. The van der Waals surface area contributed by atoms with Gasteiger partial charge in [0, 0.05) is 25.1 Å². The van der Waals surface area contributed by atoms with E-state index in [9.17, 15) is 9.59 Å². The Balaban J connectivity index is 1.60. The van der Waals surface area contributed by atoms with Gasteiger partial charge in [0.25, 0.3) is 0 Å². The summed E-state index contributed by atoms with van der Waals surface area (Å²) < 4.78 is 5.04. The van der Waals surface area contributed by atoms with E-state index in [0.29, 0.717) is 19.0 Å². The molecule has 1 aromatic carbocycles. The molecule has 0 radical (unpaired) electrons. The van der Waals surface area contributed by atoms with E-state index in [1.807, 2.05) is 17.0 Å². The molecule has 1 fully saturated rings. The number of aryl methyl sites for hydroxylation is 1. The fourth-order valence-corrected chi connectivity index (χ4v) is 5.05. The second-order valence-corrected chi connectivity index (χ2v) is 9.05. The zero-order chi connectivity index (χ0) is 20.4. The minimum Gasteiger partial charge on any atom is -0.375 e. The third-order valence-corrected chi connectivity index (χ3v) is 6.89. The van der Waals surface area contributed by atoms with Gasteiger partial charge in [-0.05, 0) is 60.2 Å². The van der Waals surface area contributed by atoms with Gasteiger partial charge >= 0.3 is 0 Å². The molecule has 2 amide bonds. The highest BCUT2D eigenvalue weighted by atomic mass is 32.1. The number of fused-ring (bicyclic) bond motifs is 1. The van der Waals surface area contributed by atoms with E-state index >= 15 is 0 Å². The maximum atomic E-state index is 13.4. The summed E-state index contributed by atoms with van der Waals surface area (Å²) in [5, 5.41) is 2.12. The van der Waals surface area contributed by atoms with E-state index in [1.54, 1.807) is 16.2 Å². The zero-order valence-corrected chi connectivity index (χ0v) is 17.9. The molecule has 4 rings (SSSR count). The third kappa shape index (κ3) is 4.38. The van der Waals surface area contributed by atoms with Crippen LogP contribution in [0.3, 0.4) is 0 Å². The van der Waals surface area contributed by atoms with Crippen molar-refractivity contribution in [3.63, 3.8) is 0 Å². The normalized spacial score (nSPS) is 18.4. The minimum absolute atomic E-state index is 0.0141. The van der Waals surface area contributed by atoms with Crippen molar-refractivity contribution < 1.29 is 14.3 Å². The fraction of sp³-hybridized carbons (Fsp3) is 0.478. The number of methoxy groups -OCH3 is 1. The monoisotopic (exact) mass is 412 g/mol. The van der Waals surface area contributed by atoms with Crippen LogP contribution in [0.25, 0.3) is 0 Å². The van der Waals surface area contributed by atoms with E-state index in [1.165, 1.54) is 23.1 Å². The number of hydrogen-bond donors (Lipinski definition) is 0. The average molecular weight is 413 g/mol. The Morgan fingerprint density at radius 2 is 2.00 bits per heavy atom. The Bertz CT molecular complexity index is 890. The summed E-state index contributed by atoms with van der Waals surface area (Å²) in [5.41, 5.74) is 3.57. The number of amides is 2. The molecule has 1 saturated carbocycles. The molecule has 5 nitrogen and oxygen atoms in total. The highest BCUT2D eigenvalue weighted by molar-refractivity contribution is 7.10. The number of thiophene rings is 1. The summed E-state index contributed by atoms with van der Waals surface area (Å²) in [4.78, 5) is 31.0. The first-order chi connectivity index (χ1) is 14.1. The van der Waals surface area contributed by atoms with Crippen LogP contribution in [0.5, 0.6) is 0 Å². The lowest BCUT2D eigenvalue weighted by Gasteiger charge is -2.38. The SMILES string of the molecule is COCC(=O)N(CC(=O)N1CCc2sccc2[C@@H]1c1ccccc1C)CC1CC1. The van der Waals surface area contributed by atoms with Crippen LogP contribution in [-0.4, -0.2) is 55.0 Å². The molecule has 1 aliphatic heterocycles. The highest BCUT2D eigenvalue weighted by Gasteiger charge is 2.35. The molecule has 6 heteroatoms. The number of hydrogen-bond acceptors (Lipinski definition) is 4. The lowest BCUT2D eigenvalue weighted by Crippen LogP contribution is -2.48. The first-order valence-electron chi connectivity index (χ1n) is 10.3. The van der Waals surface area contributed by atoms with Gasteiger partial charge in [0.05, 0.1) is 12.6 Å². The van der Waals surface area contributed by atoms with Gasteiger partial charge in [0.15, 0.2) is 0 Å². The minimum atomic E-state index is -0.103. The number of ether oxygens (including phenoxy) is 1. The molecule has 0 unspecified atom stereocenters. The maximum absolute atomic E-state index is 13.4. The van der Waals surface area contributed by atoms with Gasteiger partial charge in [-0.1, -0.05) is 24.3 Å². The quantitative estimate of drug-likeness (QED) is 0.700. The van der Waals surface area contributed by atoms with Crippen molar-refractivity contribution in [3.8, 4) is 0 Å². The Labute approximate surface area is 176 Å². The van der Waals surface area contributed by atoms with Crippen LogP contribution in [-0.2, 0) is 20.7 Å². The van der Waals surface area contributed by atoms with Gasteiger partial charge in [0.2, 0.25) is 11.8 Å². The Morgan fingerprint density at radius 3 is 2.72 bits per heavy atom. The smallest absolute Gasteiger partial charge is 0.249 e. The van der Waals surface area contributed by atoms with Gasteiger partial charge in [0.1, 0.15) is 6.61 Å². The van der Waals surface area contributed by atoms with E-state index in [0.717, 1.165) is 24.8 Å². The van der Waals surface area contributed by atoms with Crippen molar-refractivity contribution in [2.24, 2.45) is 5.92 Å². The van der Waals surface area contributed by atoms with Crippen LogP contribution in [0.2, 0.25) is 0 Å². The van der Waals surface area contributed by atoms with Crippen molar-refractivity contribution in [3.05, 3.63) is 57.3 Å². The Hall–Kier alpha value is -2.18. The Kier molecular flexibility index (Phi) is 6.01. The molecule has 1 aliphatic carbocycles. The average Bonchev–Trinajstić information content (AvgIpc) is 3.40. The molecule has 29 heavy (non-hydrogen) atoms. The van der Waals surface area contributed by atoms with Crippen LogP contribution in [0, 0.1) is 12.8 Å². The summed E-state index contributed by atoms with van der Waals surface area (Å²) >= 11 is 1.77. The number of nitrogens with zero attached hydrogens (tertiary/aromatic N) is 2. The van der Waals surface area contributed by atoms with E-state index in [4.69, 9.17) is 4.74 Å². The van der Waals surface area contributed by atoms with Crippen molar-refractivity contribution in [2.45, 2.75) is 32.2 Å². The summed E-state index contributed by atoms with van der Waals surface area (Å²) in [7, 11) is 1.52. The number of benzene rings is 1. The van der Waals surface area contributed by atoms with E-state index in [-0.39, 0.29) is 31.0 Å². The molecular formula is C23H28N2O3S. The molecule has 2 aromatic rings. The van der Waals surface area contributed by atoms with Crippen LogP contribution < -0.4 is 0 Å². The van der Waals surface area contributed by atoms with Gasteiger partial charge in [-0.15, -0.1) is 11.3 Å². The number of carbonyl (C=O) groups is 2. The zero-order valence-electron chi connectivity index (χ0n) is 17.1. The topological polar surface area (TPSA) is 49.9 Å². The molecule has 1 atom stereocenters. The van der Waals surface area contributed by atoms with Crippen molar-refractivity contribution in [1.82, 2.24) is 9.80 Å². The highest BCUT2D eigenvalue weighted by Crippen LogP contribution is 2.39. The molecule has 2 heterocycles. The lowest BCUT2D eigenvalue weighted by molar-refractivity contribution is -0.144. The van der Waals surface area contributed by atoms with Gasteiger partial charge in [-0.3, -0.25) is 9.59 Å². The van der Waals surface area contributed by atoms with Crippen LogP contribution in [0.1, 0.15) is 40.5 Å². The van der Waals surface area contributed by atoms with E-state index in [2.05, 4.69) is 30.5 Å². The molecule has 2 aliphatic rings. The number of rotatable bonds is 7. The van der Waals surface area contributed by atoms with Crippen molar-refractivity contribution in [2.75, 3.05) is 33.4 Å². The second-order valence-electron chi connectivity index (χ2n) is 8.05. The predicted octanol–water partition coefficient (Wildman–Crippen LogP) is 3.42. The molecule has 0 bridgehead atoms. The van der Waals surface area contributed by atoms with E-state index < -0.39 is 0 Å². The molecule has 0 N–H and O–H groups in total. The van der Waals surface area contributed by atoms with Crippen LogP contribution in [0.4, 0.5) is 0 Å². The molecule has 0 spiro atoms. The molecule has 0 saturated heterocycles. The summed E-state index contributed by atoms with van der Waals surface area (Å²) in [6.07, 6.45) is 3.15. The summed E-state index contributed by atoms with van der Waals surface area (Å²) in [6.45, 7) is 3.58. The predicted molar refractivity (Wildman–Crippen MR) is 114 cm³/mol. The number of carbonyl (C=O) groups excluding carboxylic acids is 2.